The van der Waals surface area contributed by atoms with E-state index in [1.165, 1.54) is 12.1 Å². The smallest absolute Gasteiger partial charge is 0.247 e. The Morgan fingerprint density at radius 3 is 2.67 bits per heavy atom. The van der Waals surface area contributed by atoms with Gasteiger partial charge in [0.1, 0.15) is 5.82 Å². The maximum absolute atomic E-state index is 13.0. The zero-order chi connectivity index (χ0) is 18.6. The number of amides is 1. The number of piperidine rings is 1. The highest BCUT2D eigenvalue weighted by Crippen LogP contribution is 2.29. The number of likely N-dealkylation sites (tertiary alicyclic amines) is 1. The van der Waals surface area contributed by atoms with E-state index in [4.69, 9.17) is 4.42 Å². The van der Waals surface area contributed by atoms with Crippen molar-refractivity contribution in [3.05, 3.63) is 64.4 Å². The maximum atomic E-state index is 13.0. The first kappa shape index (κ1) is 17.6. The molecule has 0 radical (unpaired) electrons. The summed E-state index contributed by atoms with van der Waals surface area (Å²) in [6.45, 7) is 1.32. The van der Waals surface area contributed by atoms with Crippen molar-refractivity contribution in [3.8, 4) is 11.5 Å². The van der Waals surface area contributed by atoms with Crippen LogP contribution in [-0.2, 0) is 4.79 Å². The largest absolute Gasteiger partial charge is 0.420 e. The van der Waals surface area contributed by atoms with Crippen molar-refractivity contribution in [2.75, 3.05) is 13.1 Å². The minimum atomic E-state index is -0.302. The predicted molar refractivity (Wildman–Crippen MR) is 102 cm³/mol. The van der Waals surface area contributed by atoms with Crippen LogP contribution in [0.3, 0.4) is 0 Å². The van der Waals surface area contributed by atoms with Crippen molar-refractivity contribution < 1.29 is 13.6 Å². The van der Waals surface area contributed by atoms with Crippen molar-refractivity contribution >= 4 is 23.3 Å². The number of rotatable bonds is 4. The SMILES string of the molecule is O=C(/C=C/c1cccs1)N1CCC(c2nnc(-c3ccc(F)cc3)o2)CC1. The number of carbonyl (C=O) groups excluding carboxylic acids is 1. The molecular weight excluding hydrogens is 365 g/mol. The zero-order valence-electron chi connectivity index (χ0n) is 14.5. The minimum Gasteiger partial charge on any atom is -0.420 e. The summed E-state index contributed by atoms with van der Waals surface area (Å²) >= 11 is 1.60. The van der Waals surface area contributed by atoms with Gasteiger partial charge < -0.3 is 9.32 Å². The second-order valence-electron chi connectivity index (χ2n) is 6.40. The fourth-order valence-electron chi connectivity index (χ4n) is 3.10. The lowest BCUT2D eigenvalue weighted by atomic mass is 9.97. The Bertz CT molecular complexity index is 927. The Hall–Kier alpha value is -2.80. The average Bonchev–Trinajstić information content (AvgIpc) is 3.39. The van der Waals surface area contributed by atoms with E-state index in [2.05, 4.69) is 10.2 Å². The van der Waals surface area contributed by atoms with Gasteiger partial charge in [-0.1, -0.05) is 6.07 Å². The molecule has 0 aliphatic carbocycles. The van der Waals surface area contributed by atoms with Crippen LogP contribution < -0.4 is 0 Å². The molecular formula is C20H18FN3O2S. The van der Waals surface area contributed by atoms with Crippen LogP contribution in [0.25, 0.3) is 17.5 Å². The van der Waals surface area contributed by atoms with Crippen molar-refractivity contribution in [3.63, 3.8) is 0 Å². The van der Waals surface area contributed by atoms with Crippen LogP contribution in [0.15, 0.2) is 52.3 Å². The van der Waals surface area contributed by atoms with E-state index in [-0.39, 0.29) is 17.6 Å². The monoisotopic (exact) mass is 383 g/mol. The molecule has 1 amide bonds. The Balaban J connectivity index is 1.35. The molecule has 3 heterocycles. The highest BCUT2D eigenvalue weighted by molar-refractivity contribution is 7.10. The Morgan fingerprint density at radius 1 is 1.19 bits per heavy atom. The number of hydrogen-bond donors (Lipinski definition) is 0. The molecule has 0 N–H and O–H groups in total. The van der Waals surface area contributed by atoms with E-state index < -0.39 is 0 Å². The van der Waals surface area contributed by atoms with Gasteiger partial charge in [0, 0.05) is 35.5 Å². The summed E-state index contributed by atoms with van der Waals surface area (Å²) in [5, 5.41) is 10.2. The third kappa shape index (κ3) is 4.14. The summed E-state index contributed by atoms with van der Waals surface area (Å²) in [5.74, 6) is 0.831. The highest BCUT2D eigenvalue weighted by Gasteiger charge is 2.26. The van der Waals surface area contributed by atoms with Gasteiger partial charge in [0.2, 0.25) is 17.7 Å². The predicted octanol–water partition coefficient (Wildman–Crippen LogP) is 4.36. The van der Waals surface area contributed by atoms with E-state index in [0.29, 0.717) is 30.4 Å². The standard InChI is InChI=1S/C20H18FN3O2S/c21-16-5-3-14(4-6-16)19-22-23-20(26-19)15-9-11-24(12-10-15)18(25)8-7-17-2-1-13-27-17/h1-8,13,15H,9-12H2/b8-7+. The van der Waals surface area contributed by atoms with Crippen molar-refractivity contribution in [1.82, 2.24) is 15.1 Å². The third-order valence-electron chi connectivity index (χ3n) is 4.62. The molecule has 1 saturated heterocycles. The quantitative estimate of drug-likeness (QED) is 0.628. The zero-order valence-corrected chi connectivity index (χ0v) is 15.4. The van der Waals surface area contributed by atoms with Crippen molar-refractivity contribution in [2.24, 2.45) is 0 Å². The summed E-state index contributed by atoms with van der Waals surface area (Å²) in [5.41, 5.74) is 0.696. The van der Waals surface area contributed by atoms with Crippen LogP contribution in [0.2, 0.25) is 0 Å². The second kappa shape index (κ2) is 7.84. The van der Waals surface area contributed by atoms with Gasteiger partial charge in [-0.05, 0) is 54.6 Å². The first-order valence-electron chi connectivity index (χ1n) is 8.79. The molecule has 1 fully saturated rings. The lowest BCUT2D eigenvalue weighted by Gasteiger charge is -2.29. The second-order valence-corrected chi connectivity index (χ2v) is 7.38. The van der Waals surface area contributed by atoms with Gasteiger partial charge in [-0.25, -0.2) is 4.39 Å². The summed E-state index contributed by atoms with van der Waals surface area (Å²) in [7, 11) is 0. The van der Waals surface area contributed by atoms with Gasteiger partial charge in [-0.2, -0.15) is 0 Å². The molecule has 4 rings (SSSR count). The fraction of sp³-hybridized carbons (Fsp3) is 0.250. The Kier molecular flexibility index (Phi) is 5.11. The fourth-order valence-corrected chi connectivity index (χ4v) is 3.72. The van der Waals surface area contributed by atoms with E-state index in [1.54, 1.807) is 29.5 Å². The first-order valence-corrected chi connectivity index (χ1v) is 9.67. The molecule has 1 aliphatic rings. The summed E-state index contributed by atoms with van der Waals surface area (Å²) in [6.07, 6.45) is 5.05. The van der Waals surface area contributed by atoms with Crippen LogP contribution in [0.1, 0.15) is 29.5 Å². The van der Waals surface area contributed by atoms with Crippen LogP contribution in [0, 0.1) is 5.82 Å². The molecule has 0 bridgehead atoms. The van der Waals surface area contributed by atoms with Gasteiger partial charge in [0.25, 0.3) is 0 Å². The summed E-state index contributed by atoms with van der Waals surface area (Å²) in [6, 6.07) is 9.92. The van der Waals surface area contributed by atoms with E-state index >= 15 is 0 Å². The number of nitrogens with zero attached hydrogens (tertiary/aromatic N) is 3. The van der Waals surface area contributed by atoms with Crippen molar-refractivity contribution in [1.29, 1.82) is 0 Å². The van der Waals surface area contributed by atoms with Crippen LogP contribution in [0.4, 0.5) is 4.39 Å². The molecule has 138 valence electrons. The van der Waals surface area contributed by atoms with Gasteiger partial charge in [0.15, 0.2) is 0 Å². The summed E-state index contributed by atoms with van der Waals surface area (Å²) < 4.78 is 18.8. The van der Waals surface area contributed by atoms with Gasteiger partial charge in [0.05, 0.1) is 0 Å². The highest BCUT2D eigenvalue weighted by atomic mass is 32.1. The molecule has 0 saturated carbocycles. The number of benzene rings is 1. The molecule has 0 atom stereocenters. The van der Waals surface area contributed by atoms with E-state index in [0.717, 1.165) is 17.7 Å². The number of hydrogen-bond acceptors (Lipinski definition) is 5. The van der Waals surface area contributed by atoms with Crippen LogP contribution in [0.5, 0.6) is 0 Å². The number of aromatic nitrogens is 2. The lowest BCUT2D eigenvalue weighted by Crippen LogP contribution is -2.36. The first-order chi connectivity index (χ1) is 13.2. The minimum absolute atomic E-state index is 0.0272. The molecule has 7 heteroatoms. The molecule has 5 nitrogen and oxygen atoms in total. The maximum Gasteiger partial charge on any atom is 0.247 e. The van der Waals surface area contributed by atoms with Crippen LogP contribution in [-0.4, -0.2) is 34.1 Å². The molecule has 1 aromatic carbocycles. The van der Waals surface area contributed by atoms with E-state index in [1.807, 2.05) is 28.5 Å². The Morgan fingerprint density at radius 2 is 1.96 bits per heavy atom. The van der Waals surface area contributed by atoms with E-state index in [9.17, 15) is 9.18 Å². The lowest BCUT2D eigenvalue weighted by molar-refractivity contribution is -0.127. The normalized spacial score (nSPS) is 15.5. The van der Waals surface area contributed by atoms with Gasteiger partial charge in [-0.15, -0.1) is 21.5 Å². The summed E-state index contributed by atoms with van der Waals surface area (Å²) in [4.78, 5) is 15.2. The van der Waals surface area contributed by atoms with Gasteiger partial charge >= 0.3 is 0 Å². The molecule has 2 aromatic heterocycles. The molecule has 3 aromatic rings. The Labute approximate surface area is 160 Å². The third-order valence-corrected chi connectivity index (χ3v) is 5.46. The average molecular weight is 383 g/mol. The molecule has 0 unspecified atom stereocenters. The molecule has 27 heavy (non-hydrogen) atoms. The topological polar surface area (TPSA) is 59.2 Å². The van der Waals surface area contributed by atoms with Crippen molar-refractivity contribution in [2.45, 2.75) is 18.8 Å². The number of halogens is 1. The van der Waals surface area contributed by atoms with Gasteiger partial charge in [-0.3, -0.25) is 4.79 Å². The molecule has 0 spiro atoms. The van der Waals surface area contributed by atoms with Crippen LogP contribution >= 0.6 is 11.3 Å². The number of thiophene rings is 1. The number of carbonyl (C=O) groups is 1. The molecule has 1 aliphatic heterocycles.